The van der Waals surface area contributed by atoms with Gasteiger partial charge in [0, 0.05) is 23.8 Å². The zero-order valence-electron chi connectivity index (χ0n) is 27.0. The standard InChI is InChI=1S/C36H54O8/c1-22(2)32-20-23(3)36-26-29(32)42-34(43-32,44-36)19-17-15-13-11-9-7-5-6-8-10-12-14-16-18-25-24(4)28(38)35(40,27(25)36)31(39)33(21-37)30(26)41-33/h17,19,23-27,29-31,37,39-40H,1,5-16,18,20-21H2,2-4H3/b19-17-/t23-,24+,25+,26-,27-,29-,30+,31-,32-,33+,34+,35-,36-/m1/s1. The van der Waals surface area contributed by atoms with Gasteiger partial charge in [-0.2, -0.15) is 0 Å². The molecule has 7 rings (SSSR count). The van der Waals surface area contributed by atoms with Crippen LogP contribution in [0.2, 0.25) is 0 Å². The molecular formula is C36H54O8. The van der Waals surface area contributed by atoms with Crippen molar-refractivity contribution in [3.63, 3.8) is 0 Å². The monoisotopic (exact) mass is 614 g/mol. The molecule has 0 amide bonds. The number of allylic oxidation sites excluding steroid dienone is 1. The van der Waals surface area contributed by atoms with Crippen LogP contribution in [0.4, 0.5) is 0 Å². The quantitative estimate of drug-likeness (QED) is 0.290. The van der Waals surface area contributed by atoms with E-state index in [1.54, 1.807) is 0 Å². The number of ketones is 1. The Labute approximate surface area is 262 Å². The summed E-state index contributed by atoms with van der Waals surface area (Å²) in [5, 5.41) is 35.5. The second-order valence-corrected chi connectivity index (χ2v) is 15.5. The van der Waals surface area contributed by atoms with Crippen molar-refractivity contribution in [2.75, 3.05) is 6.61 Å². The highest BCUT2D eigenvalue weighted by molar-refractivity contribution is 5.93. The number of carbonyl (C=O) groups is 1. The Bertz CT molecular complexity index is 1190. The number of carbonyl (C=O) groups excluding carboxylic acids is 1. The highest BCUT2D eigenvalue weighted by atomic mass is 16.9. The average Bonchev–Trinajstić information content (AvgIpc) is 3.64. The third-order valence-electron chi connectivity index (χ3n) is 13.1. The molecular weight excluding hydrogens is 560 g/mol. The van der Waals surface area contributed by atoms with Crippen molar-refractivity contribution in [1.29, 1.82) is 0 Å². The highest BCUT2D eigenvalue weighted by Gasteiger charge is 2.89. The zero-order chi connectivity index (χ0) is 31.1. The number of ether oxygens (including phenoxy) is 4. The molecule has 246 valence electrons. The van der Waals surface area contributed by atoms with Gasteiger partial charge < -0.3 is 34.3 Å². The summed E-state index contributed by atoms with van der Waals surface area (Å²) in [5.41, 5.74) is -4.74. The fourth-order valence-corrected chi connectivity index (χ4v) is 10.9. The molecule has 3 N–H and O–H groups in total. The Morgan fingerprint density at radius 3 is 2.23 bits per heavy atom. The van der Waals surface area contributed by atoms with Crippen molar-refractivity contribution in [2.45, 2.75) is 157 Å². The molecule has 44 heavy (non-hydrogen) atoms. The smallest absolute Gasteiger partial charge is 0.306 e. The van der Waals surface area contributed by atoms with Crippen molar-refractivity contribution in [2.24, 2.45) is 29.6 Å². The minimum atomic E-state index is -2.13. The molecule has 3 saturated carbocycles. The van der Waals surface area contributed by atoms with Crippen LogP contribution in [0.15, 0.2) is 24.3 Å². The number of aliphatic hydroxyl groups is 3. The predicted molar refractivity (Wildman–Crippen MR) is 163 cm³/mol. The van der Waals surface area contributed by atoms with Crippen LogP contribution in [-0.4, -0.2) is 74.4 Å². The maximum atomic E-state index is 14.3. The van der Waals surface area contributed by atoms with E-state index >= 15 is 0 Å². The van der Waals surface area contributed by atoms with Crippen LogP contribution < -0.4 is 0 Å². The molecule has 4 heterocycles. The molecule has 2 spiro atoms. The van der Waals surface area contributed by atoms with Gasteiger partial charge in [-0.25, -0.2) is 0 Å². The summed E-state index contributed by atoms with van der Waals surface area (Å²) in [5.74, 6) is -3.92. The molecule has 0 unspecified atom stereocenters. The zero-order valence-corrected chi connectivity index (χ0v) is 27.0. The molecule has 0 aromatic carbocycles. The van der Waals surface area contributed by atoms with Crippen LogP contribution in [0.5, 0.6) is 0 Å². The van der Waals surface area contributed by atoms with Crippen molar-refractivity contribution < 1.29 is 39.1 Å². The summed E-state index contributed by atoms with van der Waals surface area (Å²) < 4.78 is 27.3. The van der Waals surface area contributed by atoms with Gasteiger partial charge in [-0.05, 0) is 50.0 Å². The summed E-state index contributed by atoms with van der Waals surface area (Å²) >= 11 is 0. The first-order valence-corrected chi connectivity index (χ1v) is 17.7. The van der Waals surface area contributed by atoms with Crippen LogP contribution in [0.3, 0.4) is 0 Å². The van der Waals surface area contributed by atoms with E-state index in [9.17, 15) is 20.1 Å². The van der Waals surface area contributed by atoms with E-state index in [-0.39, 0.29) is 17.6 Å². The topological polar surface area (TPSA) is 118 Å². The van der Waals surface area contributed by atoms with E-state index in [1.165, 1.54) is 44.9 Å². The fourth-order valence-electron chi connectivity index (χ4n) is 10.9. The summed E-state index contributed by atoms with van der Waals surface area (Å²) in [6.45, 7) is 9.85. The SMILES string of the molecule is C=C(C)[C@]12C[C@@H](C)[C@@]34O[C@]5(/C=C\CCCCCCCCCCCCC[C@H]6[C@H](C)C(=O)[C@@](O)([C@H](O)[C@@]7(CO)O[C@H]7[C@H]3[C@H]1O5)[C@@H]64)O2. The van der Waals surface area contributed by atoms with E-state index in [2.05, 4.69) is 19.6 Å². The Morgan fingerprint density at radius 2 is 1.59 bits per heavy atom. The third kappa shape index (κ3) is 4.10. The van der Waals surface area contributed by atoms with Gasteiger partial charge in [0.1, 0.15) is 29.5 Å². The second-order valence-electron chi connectivity index (χ2n) is 15.5. The van der Waals surface area contributed by atoms with Crippen LogP contribution >= 0.6 is 0 Å². The van der Waals surface area contributed by atoms with Crippen LogP contribution in [0.25, 0.3) is 0 Å². The van der Waals surface area contributed by atoms with Crippen LogP contribution in [0, 0.1) is 29.6 Å². The lowest BCUT2D eigenvalue weighted by molar-refractivity contribution is -0.412. The lowest BCUT2D eigenvalue weighted by atomic mass is 9.52. The number of Topliss-reactive ketones (excluding diaryl/α,β-unsaturated/α-hetero) is 1. The van der Waals surface area contributed by atoms with Crippen molar-refractivity contribution in [3.8, 4) is 0 Å². The first-order valence-electron chi connectivity index (χ1n) is 17.7. The number of fused-ring (bicyclic) bond motifs is 1. The number of epoxide rings is 1. The van der Waals surface area contributed by atoms with Gasteiger partial charge in [0.25, 0.3) is 0 Å². The summed E-state index contributed by atoms with van der Waals surface area (Å²) in [7, 11) is 0. The lowest BCUT2D eigenvalue weighted by Gasteiger charge is -2.60. The molecule has 0 aromatic rings. The molecule has 8 nitrogen and oxygen atoms in total. The van der Waals surface area contributed by atoms with Gasteiger partial charge in [0.2, 0.25) is 0 Å². The van der Waals surface area contributed by atoms with E-state index in [4.69, 9.17) is 18.9 Å². The summed E-state index contributed by atoms with van der Waals surface area (Å²) in [6.07, 6.45) is 16.4. The number of hydrogen-bond acceptors (Lipinski definition) is 8. The van der Waals surface area contributed by atoms with E-state index in [0.717, 1.165) is 44.1 Å². The van der Waals surface area contributed by atoms with Gasteiger partial charge in [-0.1, -0.05) is 90.7 Å². The van der Waals surface area contributed by atoms with E-state index < -0.39 is 71.0 Å². The summed E-state index contributed by atoms with van der Waals surface area (Å²) in [4.78, 5) is 14.3. The number of aliphatic hydroxyl groups excluding tert-OH is 2. The minimum absolute atomic E-state index is 0.180. The average molecular weight is 615 g/mol. The first-order chi connectivity index (χ1) is 21.0. The largest absolute Gasteiger partial charge is 0.393 e. The van der Waals surface area contributed by atoms with E-state index in [0.29, 0.717) is 6.42 Å². The van der Waals surface area contributed by atoms with Crippen molar-refractivity contribution in [1.82, 2.24) is 0 Å². The molecule has 0 aromatic heterocycles. The van der Waals surface area contributed by atoms with Gasteiger partial charge in [-0.3, -0.25) is 4.79 Å². The molecule has 8 heteroatoms. The second kappa shape index (κ2) is 11.0. The molecule has 3 aliphatic carbocycles. The van der Waals surface area contributed by atoms with E-state index in [1.807, 2.05) is 19.9 Å². The van der Waals surface area contributed by atoms with Gasteiger partial charge >= 0.3 is 5.97 Å². The van der Waals surface area contributed by atoms with Crippen molar-refractivity contribution in [3.05, 3.63) is 24.3 Å². The highest BCUT2D eigenvalue weighted by Crippen LogP contribution is 2.74. The summed E-state index contributed by atoms with van der Waals surface area (Å²) in [6, 6.07) is 0. The van der Waals surface area contributed by atoms with Gasteiger partial charge in [-0.15, -0.1) is 0 Å². The molecule has 4 aliphatic heterocycles. The predicted octanol–water partition coefficient (Wildman–Crippen LogP) is 5.12. The maximum Gasteiger partial charge on any atom is 0.306 e. The number of rotatable bonds is 2. The normalized spacial score (nSPS) is 54.7. The molecule has 13 atom stereocenters. The molecule has 3 bridgehead atoms. The van der Waals surface area contributed by atoms with Crippen LogP contribution in [-0.2, 0) is 23.7 Å². The van der Waals surface area contributed by atoms with Crippen molar-refractivity contribution >= 4 is 5.78 Å². The first kappa shape index (κ1) is 31.5. The third-order valence-corrected chi connectivity index (χ3v) is 13.1. The molecule has 3 saturated heterocycles. The lowest BCUT2D eigenvalue weighted by Crippen LogP contribution is -2.73. The van der Waals surface area contributed by atoms with Gasteiger partial charge in [0.15, 0.2) is 11.4 Å². The Kier molecular flexibility index (Phi) is 7.84. The van der Waals surface area contributed by atoms with Crippen LogP contribution in [0.1, 0.15) is 111 Å². The number of hydrogen-bond donors (Lipinski definition) is 3. The molecule has 6 fully saturated rings. The maximum absolute atomic E-state index is 14.3. The Hall–Kier alpha value is -1.13. The Balaban J connectivity index is 1.37. The Morgan fingerprint density at radius 1 is 0.955 bits per heavy atom. The molecule has 0 radical (unpaired) electrons. The minimum Gasteiger partial charge on any atom is -0.393 e. The van der Waals surface area contributed by atoms with Gasteiger partial charge in [0.05, 0.1) is 12.2 Å². The fraction of sp³-hybridized carbons (Fsp3) is 0.861. The molecule has 7 aliphatic rings.